The van der Waals surface area contributed by atoms with Crippen LogP contribution in [0.3, 0.4) is 0 Å². The van der Waals surface area contributed by atoms with Gasteiger partial charge >= 0.3 is 0 Å². The van der Waals surface area contributed by atoms with E-state index in [9.17, 15) is 4.39 Å². The van der Waals surface area contributed by atoms with Gasteiger partial charge in [-0.25, -0.2) is 9.97 Å². The van der Waals surface area contributed by atoms with Crippen molar-refractivity contribution in [2.45, 2.75) is 26.3 Å². The number of hydrogen-bond donors (Lipinski definition) is 0. The molecule has 0 bridgehead atoms. The van der Waals surface area contributed by atoms with E-state index >= 15 is 0 Å². The molecule has 0 saturated carbocycles. The van der Waals surface area contributed by atoms with Crippen LogP contribution in [0.15, 0.2) is 36.7 Å². The fourth-order valence-electron chi connectivity index (χ4n) is 2.70. The number of aryl methyl sites for hydroxylation is 1. The molecule has 3 aromatic heterocycles. The first kappa shape index (κ1) is 18.7. The van der Waals surface area contributed by atoms with Gasteiger partial charge < -0.3 is 9.30 Å². The summed E-state index contributed by atoms with van der Waals surface area (Å²) in [5.74, 6) is 5.89. The van der Waals surface area contributed by atoms with Crippen molar-refractivity contribution in [3.8, 4) is 23.4 Å². The Morgan fingerprint density at radius 1 is 1.26 bits per heavy atom. The zero-order valence-electron chi connectivity index (χ0n) is 15.3. The molecule has 27 heavy (non-hydrogen) atoms. The SMILES string of the molecule is CCCc1cc(C#CCOC)nnc1Cn1ccnc1-c1cccc(F)n1. The monoisotopic (exact) mass is 365 g/mol. The maximum absolute atomic E-state index is 13.5. The van der Waals surface area contributed by atoms with E-state index in [0.717, 1.165) is 24.1 Å². The van der Waals surface area contributed by atoms with Crippen molar-refractivity contribution < 1.29 is 9.13 Å². The van der Waals surface area contributed by atoms with Crippen LogP contribution in [0.5, 0.6) is 0 Å². The van der Waals surface area contributed by atoms with Gasteiger partial charge in [-0.1, -0.05) is 25.3 Å². The van der Waals surface area contributed by atoms with Crippen LogP contribution in [0.1, 0.15) is 30.3 Å². The highest BCUT2D eigenvalue weighted by Crippen LogP contribution is 2.18. The molecule has 3 rings (SSSR count). The second kappa shape index (κ2) is 9.01. The molecule has 3 aromatic rings. The summed E-state index contributed by atoms with van der Waals surface area (Å²) in [7, 11) is 1.60. The second-order valence-electron chi connectivity index (χ2n) is 5.91. The lowest BCUT2D eigenvalue weighted by Crippen LogP contribution is -2.09. The molecule has 0 aliphatic heterocycles. The second-order valence-corrected chi connectivity index (χ2v) is 5.91. The Bertz CT molecular complexity index is 974. The molecular weight excluding hydrogens is 345 g/mol. The van der Waals surface area contributed by atoms with E-state index < -0.39 is 5.95 Å². The Labute approximate surface area is 157 Å². The van der Waals surface area contributed by atoms with Gasteiger partial charge in [-0.3, -0.25) is 0 Å². The van der Waals surface area contributed by atoms with Crippen molar-refractivity contribution in [2.75, 3.05) is 13.7 Å². The number of nitrogens with zero attached hydrogens (tertiary/aromatic N) is 5. The highest BCUT2D eigenvalue weighted by molar-refractivity contribution is 5.49. The van der Waals surface area contributed by atoms with Crippen molar-refractivity contribution in [1.29, 1.82) is 0 Å². The minimum atomic E-state index is -0.535. The quantitative estimate of drug-likeness (QED) is 0.496. The van der Waals surface area contributed by atoms with Crippen LogP contribution in [0.2, 0.25) is 0 Å². The van der Waals surface area contributed by atoms with E-state index in [1.165, 1.54) is 6.07 Å². The number of pyridine rings is 1. The van der Waals surface area contributed by atoms with Crippen LogP contribution >= 0.6 is 0 Å². The molecule has 0 radical (unpaired) electrons. The number of imidazole rings is 1. The predicted octanol–water partition coefficient (Wildman–Crippen LogP) is 2.87. The molecule has 6 nitrogen and oxygen atoms in total. The fraction of sp³-hybridized carbons (Fsp3) is 0.300. The van der Waals surface area contributed by atoms with Crippen LogP contribution in [0.25, 0.3) is 11.5 Å². The van der Waals surface area contributed by atoms with Gasteiger partial charge in [-0.2, -0.15) is 9.49 Å². The maximum Gasteiger partial charge on any atom is 0.213 e. The summed E-state index contributed by atoms with van der Waals surface area (Å²) in [6.45, 7) is 2.94. The average Bonchev–Trinajstić information content (AvgIpc) is 3.12. The summed E-state index contributed by atoms with van der Waals surface area (Å²) in [5, 5.41) is 8.57. The largest absolute Gasteiger partial charge is 0.372 e. The van der Waals surface area contributed by atoms with Crippen LogP contribution in [0, 0.1) is 17.8 Å². The standard InChI is InChI=1S/C20H20FN5O/c1-3-6-15-13-16(7-5-12-27-2)24-25-18(15)14-26-11-10-22-20(26)17-8-4-9-19(21)23-17/h4,8-11,13H,3,6,12,14H2,1-2H3. The van der Waals surface area contributed by atoms with Crippen molar-refractivity contribution >= 4 is 0 Å². The Morgan fingerprint density at radius 3 is 2.93 bits per heavy atom. The smallest absolute Gasteiger partial charge is 0.213 e. The van der Waals surface area contributed by atoms with Gasteiger partial charge in [0.1, 0.15) is 18.0 Å². The van der Waals surface area contributed by atoms with Gasteiger partial charge in [0.25, 0.3) is 0 Å². The Hall–Kier alpha value is -3.11. The number of aromatic nitrogens is 5. The van der Waals surface area contributed by atoms with Crippen LogP contribution < -0.4 is 0 Å². The highest BCUT2D eigenvalue weighted by Gasteiger charge is 2.12. The van der Waals surface area contributed by atoms with Crippen LogP contribution in [0.4, 0.5) is 4.39 Å². The number of rotatable bonds is 6. The van der Waals surface area contributed by atoms with Crippen LogP contribution in [-0.2, 0) is 17.7 Å². The summed E-state index contributed by atoms with van der Waals surface area (Å²) in [6.07, 6.45) is 5.34. The maximum atomic E-state index is 13.5. The lowest BCUT2D eigenvalue weighted by Gasteiger charge is -2.11. The van der Waals surface area contributed by atoms with E-state index in [-0.39, 0.29) is 0 Å². The minimum absolute atomic E-state index is 0.353. The fourth-order valence-corrected chi connectivity index (χ4v) is 2.70. The summed E-state index contributed by atoms with van der Waals surface area (Å²) in [4.78, 5) is 8.23. The highest BCUT2D eigenvalue weighted by atomic mass is 19.1. The summed E-state index contributed by atoms with van der Waals surface area (Å²) in [5.41, 5.74) is 3.02. The van der Waals surface area contributed by atoms with Gasteiger partial charge in [0.2, 0.25) is 5.95 Å². The predicted molar refractivity (Wildman–Crippen MR) is 99.3 cm³/mol. The number of halogens is 1. The van der Waals surface area contributed by atoms with E-state index in [1.54, 1.807) is 25.4 Å². The molecular formula is C20H20FN5O. The molecule has 138 valence electrons. The van der Waals surface area contributed by atoms with E-state index in [0.29, 0.717) is 30.4 Å². The summed E-state index contributed by atoms with van der Waals surface area (Å²) >= 11 is 0. The zero-order chi connectivity index (χ0) is 19.1. The third-order valence-electron chi connectivity index (χ3n) is 3.89. The lowest BCUT2D eigenvalue weighted by molar-refractivity contribution is 0.240. The summed E-state index contributed by atoms with van der Waals surface area (Å²) < 4.78 is 20.3. The average molecular weight is 365 g/mol. The zero-order valence-corrected chi connectivity index (χ0v) is 15.3. The van der Waals surface area contributed by atoms with Crippen molar-refractivity contribution in [2.24, 2.45) is 0 Å². The molecule has 3 heterocycles. The Kier molecular flexibility index (Phi) is 6.23. The van der Waals surface area contributed by atoms with E-state index in [4.69, 9.17) is 4.74 Å². The van der Waals surface area contributed by atoms with Gasteiger partial charge in [0.15, 0.2) is 5.82 Å². The molecule has 0 N–H and O–H groups in total. The molecule has 0 saturated heterocycles. The first-order valence-electron chi connectivity index (χ1n) is 8.68. The van der Waals surface area contributed by atoms with Crippen molar-refractivity contribution in [1.82, 2.24) is 24.7 Å². The van der Waals surface area contributed by atoms with Gasteiger partial charge in [-0.05, 0) is 36.1 Å². The number of hydrogen-bond acceptors (Lipinski definition) is 5. The molecule has 0 aliphatic rings. The molecule has 7 heteroatoms. The van der Waals surface area contributed by atoms with Crippen molar-refractivity contribution in [3.63, 3.8) is 0 Å². The molecule has 0 aromatic carbocycles. The lowest BCUT2D eigenvalue weighted by atomic mass is 10.1. The van der Waals surface area contributed by atoms with Crippen molar-refractivity contribution in [3.05, 3.63) is 59.6 Å². The Balaban J connectivity index is 1.90. The minimum Gasteiger partial charge on any atom is -0.372 e. The number of methoxy groups -OCH3 is 1. The molecule has 0 aliphatic carbocycles. The third kappa shape index (κ3) is 4.74. The summed E-state index contributed by atoms with van der Waals surface area (Å²) in [6, 6.07) is 6.62. The van der Waals surface area contributed by atoms with Gasteiger partial charge in [0, 0.05) is 19.5 Å². The van der Waals surface area contributed by atoms with Gasteiger partial charge in [0.05, 0.1) is 12.2 Å². The third-order valence-corrected chi connectivity index (χ3v) is 3.89. The normalized spacial score (nSPS) is 10.5. The first-order chi connectivity index (χ1) is 13.2. The topological polar surface area (TPSA) is 65.7 Å². The van der Waals surface area contributed by atoms with Crippen LogP contribution in [-0.4, -0.2) is 38.4 Å². The molecule has 0 unspecified atom stereocenters. The van der Waals surface area contributed by atoms with Gasteiger partial charge in [-0.15, -0.1) is 5.10 Å². The molecule has 0 atom stereocenters. The molecule has 0 spiro atoms. The Morgan fingerprint density at radius 2 is 2.15 bits per heavy atom. The number of ether oxygens (including phenoxy) is 1. The van der Waals surface area contributed by atoms with E-state index in [1.807, 2.05) is 16.8 Å². The first-order valence-corrected chi connectivity index (χ1v) is 8.68. The van der Waals surface area contributed by atoms with E-state index in [2.05, 4.69) is 38.9 Å². The molecule has 0 fully saturated rings. The molecule has 0 amide bonds.